The maximum absolute atomic E-state index is 11.7. The molecule has 0 fully saturated rings. The highest BCUT2D eigenvalue weighted by atomic mass is 16.5. The zero-order chi connectivity index (χ0) is 10.8. The van der Waals surface area contributed by atoms with Gasteiger partial charge in [-0.15, -0.1) is 0 Å². The molecule has 1 aliphatic heterocycles. The summed E-state index contributed by atoms with van der Waals surface area (Å²) in [4.78, 5) is 13.5. The lowest BCUT2D eigenvalue weighted by atomic mass is 10.1. The van der Waals surface area contributed by atoms with E-state index in [2.05, 4.69) is 5.16 Å². The third kappa shape index (κ3) is 1.89. The number of hydrogen-bond acceptors (Lipinski definition) is 3. The molecule has 2 heterocycles. The van der Waals surface area contributed by atoms with Gasteiger partial charge >= 0.3 is 0 Å². The van der Waals surface area contributed by atoms with E-state index in [4.69, 9.17) is 4.52 Å². The molecule has 4 nitrogen and oxygen atoms in total. The molecule has 0 N–H and O–H groups in total. The van der Waals surface area contributed by atoms with Gasteiger partial charge in [0.05, 0.1) is 12.2 Å². The van der Waals surface area contributed by atoms with Gasteiger partial charge in [0.2, 0.25) is 5.91 Å². The van der Waals surface area contributed by atoms with Crippen molar-refractivity contribution in [2.24, 2.45) is 0 Å². The summed E-state index contributed by atoms with van der Waals surface area (Å²) in [6.07, 6.45) is 2.40. The first-order valence-corrected chi connectivity index (χ1v) is 5.44. The number of aromatic nitrogens is 1. The van der Waals surface area contributed by atoms with E-state index in [1.54, 1.807) is 0 Å². The highest BCUT2D eigenvalue weighted by Crippen LogP contribution is 2.22. The van der Waals surface area contributed by atoms with Crippen molar-refractivity contribution in [1.82, 2.24) is 10.1 Å². The summed E-state index contributed by atoms with van der Waals surface area (Å²) in [5.74, 6) is 1.08. The van der Waals surface area contributed by atoms with Crippen LogP contribution in [0.4, 0.5) is 0 Å². The van der Waals surface area contributed by atoms with Crippen molar-refractivity contribution in [3.05, 3.63) is 17.0 Å². The summed E-state index contributed by atoms with van der Waals surface area (Å²) in [6.45, 7) is 5.36. The molecule has 1 aromatic rings. The van der Waals surface area contributed by atoms with E-state index in [-0.39, 0.29) is 5.91 Å². The van der Waals surface area contributed by atoms with Crippen LogP contribution in [0.2, 0.25) is 0 Å². The Labute approximate surface area is 89.2 Å². The van der Waals surface area contributed by atoms with E-state index in [1.807, 2.05) is 18.7 Å². The van der Waals surface area contributed by atoms with Crippen molar-refractivity contribution in [3.8, 4) is 0 Å². The van der Waals surface area contributed by atoms with Crippen LogP contribution >= 0.6 is 0 Å². The predicted molar refractivity (Wildman–Crippen MR) is 55.3 cm³/mol. The summed E-state index contributed by atoms with van der Waals surface area (Å²) in [5, 5.41) is 3.93. The molecule has 0 unspecified atom stereocenters. The number of carbonyl (C=O) groups is 1. The van der Waals surface area contributed by atoms with Gasteiger partial charge in [-0.25, -0.2) is 0 Å². The number of hydrogen-bond donors (Lipinski definition) is 0. The van der Waals surface area contributed by atoms with E-state index in [1.165, 1.54) is 5.56 Å². The van der Waals surface area contributed by atoms with Crippen LogP contribution in [-0.4, -0.2) is 22.5 Å². The van der Waals surface area contributed by atoms with Gasteiger partial charge in [-0.1, -0.05) is 12.1 Å². The molecule has 0 atom stereocenters. The van der Waals surface area contributed by atoms with Gasteiger partial charge in [-0.3, -0.25) is 4.79 Å². The average molecular weight is 208 g/mol. The number of fused-ring (bicyclic) bond motifs is 1. The first-order valence-electron chi connectivity index (χ1n) is 5.44. The molecule has 0 spiro atoms. The van der Waals surface area contributed by atoms with Gasteiger partial charge in [0.25, 0.3) is 0 Å². The molecule has 15 heavy (non-hydrogen) atoms. The Hall–Kier alpha value is -1.32. The van der Waals surface area contributed by atoms with Crippen LogP contribution in [0.15, 0.2) is 4.52 Å². The SMILES string of the molecule is CCCC(=O)N1CCc2c(C)noc2C1. The number of aryl methyl sites for hydroxylation is 1. The van der Waals surface area contributed by atoms with Gasteiger partial charge in [-0.05, 0) is 19.8 Å². The van der Waals surface area contributed by atoms with Gasteiger partial charge in [0.1, 0.15) is 0 Å². The Kier molecular flexibility index (Phi) is 2.75. The van der Waals surface area contributed by atoms with Gasteiger partial charge in [-0.2, -0.15) is 0 Å². The molecule has 0 radical (unpaired) electrons. The zero-order valence-corrected chi connectivity index (χ0v) is 9.25. The molecule has 0 saturated carbocycles. The first kappa shape index (κ1) is 10.2. The molecule has 0 aromatic carbocycles. The molecule has 0 aliphatic carbocycles. The molecule has 1 aromatic heterocycles. The van der Waals surface area contributed by atoms with E-state index in [0.29, 0.717) is 13.0 Å². The largest absolute Gasteiger partial charge is 0.359 e. The summed E-state index contributed by atoms with van der Waals surface area (Å²) < 4.78 is 5.20. The van der Waals surface area contributed by atoms with E-state index in [9.17, 15) is 4.79 Å². The van der Waals surface area contributed by atoms with E-state index in [0.717, 1.165) is 30.8 Å². The van der Waals surface area contributed by atoms with Crippen LogP contribution in [0.5, 0.6) is 0 Å². The second kappa shape index (κ2) is 4.04. The Balaban J connectivity index is 2.09. The van der Waals surface area contributed by atoms with Gasteiger partial charge in [0.15, 0.2) is 5.76 Å². The summed E-state index contributed by atoms with van der Waals surface area (Å²) >= 11 is 0. The molecule has 2 rings (SSSR count). The molecule has 1 amide bonds. The third-order valence-corrected chi connectivity index (χ3v) is 2.85. The second-order valence-corrected chi connectivity index (χ2v) is 3.99. The topological polar surface area (TPSA) is 46.3 Å². The fraction of sp³-hybridized carbons (Fsp3) is 0.636. The predicted octanol–water partition coefficient (Wildman–Crippen LogP) is 1.67. The standard InChI is InChI=1S/C11H16N2O2/c1-3-4-11(14)13-6-5-9-8(2)12-15-10(9)7-13/h3-7H2,1-2H3. The maximum Gasteiger partial charge on any atom is 0.222 e. The second-order valence-electron chi connectivity index (χ2n) is 3.99. The van der Waals surface area contributed by atoms with E-state index >= 15 is 0 Å². The number of carbonyl (C=O) groups excluding carboxylic acids is 1. The van der Waals surface area contributed by atoms with Gasteiger partial charge < -0.3 is 9.42 Å². The fourth-order valence-electron chi connectivity index (χ4n) is 1.96. The quantitative estimate of drug-likeness (QED) is 0.742. The van der Waals surface area contributed by atoms with Crippen molar-refractivity contribution >= 4 is 5.91 Å². The molecular formula is C11H16N2O2. The first-order chi connectivity index (χ1) is 7.22. The smallest absolute Gasteiger partial charge is 0.222 e. The Morgan fingerprint density at radius 3 is 3.13 bits per heavy atom. The molecular weight excluding hydrogens is 192 g/mol. The van der Waals surface area contributed by atoms with Gasteiger partial charge in [0, 0.05) is 18.5 Å². The van der Waals surface area contributed by atoms with E-state index < -0.39 is 0 Å². The van der Waals surface area contributed by atoms with Crippen LogP contribution < -0.4 is 0 Å². The fourth-order valence-corrected chi connectivity index (χ4v) is 1.96. The summed E-state index contributed by atoms with van der Waals surface area (Å²) in [5.41, 5.74) is 2.16. The Morgan fingerprint density at radius 2 is 2.40 bits per heavy atom. The zero-order valence-electron chi connectivity index (χ0n) is 9.25. The lowest BCUT2D eigenvalue weighted by Crippen LogP contribution is -2.35. The minimum absolute atomic E-state index is 0.220. The van der Waals surface area contributed by atoms with Crippen molar-refractivity contribution in [1.29, 1.82) is 0 Å². The normalized spacial score (nSPS) is 15.2. The van der Waals surface area contributed by atoms with Crippen molar-refractivity contribution < 1.29 is 9.32 Å². The van der Waals surface area contributed by atoms with Crippen LogP contribution in [0, 0.1) is 6.92 Å². The molecule has 0 bridgehead atoms. The number of amides is 1. The monoisotopic (exact) mass is 208 g/mol. The number of rotatable bonds is 2. The molecule has 1 aliphatic rings. The summed E-state index contributed by atoms with van der Waals surface area (Å²) in [6, 6.07) is 0. The summed E-state index contributed by atoms with van der Waals surface area (Å²) in [7, 11) is 0. The number of nitrogens with zero attached hydrogens (tertiary/aromatic N) is 2. The molecule has 82 valence electrons. The highest BCUT2D eigenvalue weighted by Gasteiger charge is 2.24. The lowest BCUT2D eigenvalue weighted by molar-refractivity contribution is -0.132. The van der Waals surface area contributed by atoms with Crippen molar-refractivity contribution in [2.45, 2.75) is 39.7 Å². The highest BCUT2D eigenvalue weighted by molar-refractivity contribution is 5.76. The minimum atomic E-state index is 0.220. The van der Waals surface area contributed by atoms with Crippen LogP contribution in [0.3, 0.4) is 0 Å². The van der Waals surface area contributed by atoms with Crippen LogP contribution in [-0.2, 0) is 17.8 Å². The third-order valence-electron chi connectivity index (χ3n) is 2.85. The Bertz CT molecular complexity index is 371. The molecule has 0 saturated heterocycles. The Morgan fingerprint density at radius 1 is 1.60 bits per heavy atom. The maximum atomic E-state index is 11.7. The molecule has 4 heteroatoms. The van der Waals surface area contributed by atoms with Crippen molar-refractivity contribution in [3.63, 3.8) is 0 Å². The lowest BCUT2D eigenvalue weighted by Gasteiger charge is -2.25. The average Bonchev–Trinajstić information content (AvgIpc) is 2.60. The van der Waals surface area contributed by atoms with Crippen LogP contribution in [0.1, 0.15) is 36.8 Å². The minimum Gasteiger partial charge on any atom is -0.359 e. The van der Waals surface area contributed by atoms with Crippen LogP contribution in [0.25, 0.3) is 0 Å². The van der Waals surface area contributed by atoms with Crippen molar-refractivity contribution in [2.75, 3.05) is 6.54 Å².